The van der Waals surface area contributed by atoms with Gasteiger partial charge in [-0.2, -0.15) is 0 Å². The zero-order valence-corrected chi connectivity index (χ0v) is 12.5. The number of hydrogen-bond donors (Lipinski definition) is 2. The fraction of sp³-hybridized carbons (Fsp3) is 0.467. The Labute approximate surface area is 123 Å². The molecule has 6 heteroatoms. The number of phenols is 2. The molecule has 1 unspecified atom stereocenters. The lowest BCUT2D eigenvalue weighted by atomic mass is 10.1. The fourth-order valence-corrected chi connectivity index (χ4v) is 2.63. The maximum Gasteiger partial charge on any atom is 0.254 e. The number of phenolic OH excluding ortho intramolecular Hbond substituents is 2. The molecule has 1 heterocycles. The quantitative estimate of drug-likeness (QED) is 0.800. The number of carbonyl (C=O) groups is 2. The van der Waals surface area contributed by atoms with E-state index in [0.29, 0.717) is 24.1 Å². The zero-order chi connectivity index (χ0) is 15.7. The van der Waals surface area contributed by atoms with Gasteiger partial charge in [-0.15, -0.1) is 0 Å². The molecule has 1 aromatic rings. The summed E-state index contributed by atoms with van der Waals surface area (Å²) in [5.74, 6) is -0.980. The molecule has 2 rings (SSSR count). The molecule has 0 aliphatic carbocycles. The van der Waals surface area contributed by atoms with Crippen LogP contribution < -0.4 is 0 Å². The largest absolute Gasteiger partial charge is 0.504 e. The lowest BCUT2D eigenvalue weighted by Crippen LogP contribution is -2.45. The third kappa shape index (κ3) is 2.79. The highest BCUT2D eigenvalue weighted by Gasteiger charge is 2.35. The van der Waals surface area contributed by atoms with Crippen LogP contribution in [-0.4, -0.2) is 58.5 Å². The molecule has 1 fully saturated rings. The van der Waals surface area contributed by atoms with Crippen LogP contribution in [0.1, 0.15) is 28.8 Å². The van der Waals surface area contributed by atoms with Gasteiger partial charge in [0.05, 0.1) is 0 Å². The smallest absolute Gasteiger partial charge is 0.254 e. The summed E-state index contributed by atoms with van der Waals surface area (Å²) in [5, 5.41) is 19.0. The number of aromatic hydroxyl groups is 2. The SMILES string of the molecule is Cc1cc(O)c(O)cc1C(=O)N1CCCC1C(=O)N(C)C. The van der Waals surface area contributed by atoms with Crippen LogP contribution in [0.15, 0.2) is 12.1 Å². The first-order valence-electron chi connectivity index (χ1n) is 6.87. The van der Waals surface area contributed by atoms with Crippen molar-refractivity contribution in [3.8, 4) is 11.5 Å². The zero-order valence-electron chi connectivity index (χ0n) is 12.5. The second kappa shape index (κ2) is 5.63. The number of amides is 2. The Morgan fingerprint density at radius 3 is 2.48 bits per heavy atom. The van der Waals surface area contributed by atoms with Gasteiger partial charge in [-0.3, -0.25) is 9.59 Å². The van der Waals surface area contributed by atoms with Gasteiger partial charge >= 0.3 is 0 Å². The first-order chi connectivity index (χ1) is 9.82. The minimum atomic E-state index is -0.456. The molecule has 21 heavy (non-hydrogen) atoms. The Balaban J connectivity index is 2.31. The van der Waals surface area contributed by atoms with E-state index in [1.165, 1.54) is 17.0 Å². The standard InChI is InChI=1S/C15H20N2O4/c1-9-7-12(18)13(19)8-10(9)14(20)17-6-4-5-11(17)15(21)16(2)3/h7-8,11,18-19H,4-6H2,1-3H3. The molecular formula is C15H20N2O4. The van der Waals surface area contributed by atoms with Gasteiger partial charge in [0.2, 0.25) is 5.91 Å². The van der Waals surface area contributed by atoms with E-state index in [4.69, 9.17) is 0 Å². The monoisotopic (exact) mass is 292 g/mol. The number of aryl methyl sites for hydroxylation is 1. The van der Waals surface area contributed by atoms with Crippen molar-refractivity contribution in [1.29, 1.82) is 0 Å². The highest BCUT2D eigenvalue weighted by molar-refractivity contribution is 5.99. The van der Waals surface area contributed by atoms with Crippen LogP contribution in [-0.2, 0) is 4.79 Å². The summed E-state index contributed by atoms with van der Waals surface area (Å²) in [6.07, 6.45) is 1.42. The van der Waals surface area contributed by atoms with Crippen LogP contribution in [0.3, 0.4) is 0 Å². The van der Waals surface area contributed by atoms with Crippen LogP contribution in [0.5, 0.6) is 11.5 Å². The van der Waals surface area contributed by atoms with Gasteiger partial charge in [-0.05, 0) is 37.5 Å². The average molecular weight is 292 g/mol. The summed E-state index contributed by atoms with van der Waals surface area (Å²) in [6, 6.07) is 2.15. The van der Waals surface area contributed by atoms with Gasteiger partial charge < -0.3 is 20.0 Å². The number of carbonyl (C=O) groups excluding carboxylic acids is 2. The van der Waals surface area contributed by atoms with Crippen LogP contribution in [0.2, 0.25) is 0 Å². The number of benzene rings is 1. The third-order valence-corrected chi connectivity index (χ3v) is 3.79. The normalized spacial score (nSPS) is 17.9. The molecule has 2 N–H and O–H groups in total. The van der Waals surface area contributed by atoms with Gasteiger partial charge in [-0.1, -0.05) is 0 Å². The Bertz CT molecular complexity index is 583. The summed E-state index contributed by atoms with van der Waals surface area (Å²) >= 11 is 0. The van der Waals surface area contributed by atoms with E-state index in [1.807, 2.05) is 0 Å². The Morgan fingerprint density at radius 2 is 1.86 bits per heavy atom. The molecule has 0 bridgehead atoms. The minimum Gasteiger partial charge on any atom is -0.504 e. The molecule has 114 valence electrons. The van der Waals surface area contributed by atoms with Crippen LogP contribution in [0.4, 0.5) is 0 Å². The molecule has 1 aliphatic rings. The molecule has 1 aliphatic heterocycles. The molecule has 1 aromatic carbocycles. The van der Waals surface area contributed by atoms with Crippen molar-refractivity contribution in [3.63, 3.8) is 0 Å². The highest BCUT2D eigenvalue weighted by Crippen LogP contribution is 2.30. The molecule has 6 nitrogen and oxygen atoms in total. The van der Waals surface area contributed by atoms with Crippen LogP contribution >= 0.6 is 0 Å². The van der Waals surface area contributed by atoms with Crippen molar-refractivity contribution in [3.05, 3.63) is 23.3 Å². The van der Waals surface area contributed by atoms with Gasteiger partial charge in [-0.25, -0.2) is 0 Å². The van der Waals surface area contributed by atoms with Crippen LogP contribution in [0, 0.1) is 6.92 Å². The van der Waals surface area contributed by atoms with Gasteiger partial charge in [0.15, 0.2) is 11.5 Å². The summed E-state index contributed by atoms with van der Waals surface area (Å²) in [5.41, 5.74) is 0.877. The fourth-order valence-electron chi connectivity index (χ4n) is 2.63. The molecule has 0 saturated carbocycles. The van der Waals surface area contributed by atoms with E-state index in [9.17, 15) is 19.8 Å². The second-order valence-corrected chi connectivity index (χ2v) is 5.55. The Hall–Kier alpha value is -2.24. The molecule has 1 saturated heterocycles. The highest BCUT2D eigenvalue weighted by atomic mass is 16.3. The van der Waals surface area contributed by atoms with E-state index in [2.05, 4.69) is 0 Å². The van der Waals surface area contributed by atoms with Crippen LogP contribution in [0.25, 0.3) is 0 Å². The first-order valence-corrected chi connectivity index (χ1v) is 6.87. The number of likely N-dealkylation sites (tertiary alicyclic amines) is 1. The van der Waals surface area contributed by atoms with Crippen molar-refractivity contribution in [2.24, 2.45) is 0 Å². The van der Waals surface area contributed by atoms with Crippen molar-refractivity contribution in [2.75, 3.05) is 20.6 Å². The predicted octanol–water partition coefficient (Wildman–Crippen LogP) is 1.10. The van der Waals surface area contributed by atoms with Gasteiger partial charge in [0.25, 0.3) is 5.91 Å². The molecule has 2 amide bonds. The number of hydrogen-bond acceptors (Lipinski definition) is 4. The van der Waals surface area contributed by atoms with Gasteiger partial charge in [0, 0.05) is 26.2 Å². The topological polar surface area (TPSA) is 81.1 Å². The Kier molecular flexibility index (Phi) is 4.06. The molecule has 1 atom stereocenters. The lowest BCUT2D eigenvalue weighted by molar-refractivity contribution is -0.132. The first kappa shape index (κ1) is 15.2. The maximum absolute atomic E-state index is 12.6. The maximum atomic E-state index is 12.6. The van der Waals surface area contributed by atoms with Crippen molar-refractivity contribution in [1.82, 2.24) is 9.80 Å². The molecule has 0 aromatic heterocycles. The summed E-state index contributed by atoms with van der Waals surface area (Å²) in [4.78, 5) is 27.8. The van der Waals surface area contributed by atoms with E-state index < -0.39 is 6.04 Å². The number of rotatable bonds is 2. The van der Waals surface area contributed by atoms with Gasteiger partial charge in [0.1, 0.15) is 6.04 Å². The molecule has 0 spiro atoms. The van der Waals surface area contributed by atoms with E-state index in [-0.39, 0.29) is 23.3 Å². The molecule has 0 radical (unpaired) electrons. The summed E-state index contributed by atoms with van der Waals surface area (Å²) in [7, 11) is 3.34. The third-order valence-electron chi connectivity index (χ3n) is 3.79. The summed E-state index contributed by atoms with van der Waals surface area (Å²) in [6.45, 7) is 2.20. The second-order valence-electron chi connectivity index (χ2n) is 5.55. The van der Waals surface area contributed by atoms with Crippen molar-refractivity contribution < 1.29 is 19.8 Å². The number of nitrogens with zero attached hydrogens (tertiary/aromatic N) is 2. The van der Waals surface area contributed by atoms with E-state index in [0.717, 1.165) is 6.42 Å². The predicted molar refractivity (Wildman–Crippen MR) is 77.3 cm³/mol. The van der Waals surface area contributed by atoms with E-state index in [1.54, 1.807) is 25.9 Å². The lowest BCUT2D eigenvalue weighted by Gasteiger charge is -2.26. The summed E-state index contributed by atoms with van der Waals surface area (Å²) < 4.78 is 0. The minimum absolute atomic E-state index is 0.0958. The Morgan fingerprint density at radius 1 is 1.24 bits per heavy atom. The molecular weight excluding hydrogens is 272 g/mol. The van der Waals surface area contributed by atoms with E-state index >= 15 is 0 Å². The van der Waals surface area contributed by atoms with Crippen molar-refractivity contribution >= 4 is 11.8 Å². The van der Waals surface area contributed by atoms with Crippen molar-refractivity contribution in [2.45, 2.75) is 25.8 Å². The number of likely N-dealkylation sites (N-methyl/N-ethyl adjacent to an activating group) is 1. The average Bonchev–Trinajstić information content (AvgIpc) is 2.90.